The van der Waals surface area contributed by atoms with Gasteiger partial charge in [-0.2, -0.15) is 0 Å². The average molecular weight is 324 g/mol. The van der Waals surface area contributed by atoms with Crippen LogP contribution in [0, 0.1) is 0 Å². The summed E-state index contributed by atoms with van der Waals surface area (Å²) in [4.78, 5) is 16.4. The second-order valence-corrected chi connectivity index (χ2v) is 5.77. The maximum Gasteiger partial charge on any atom is 0.255 e. The molecular formula is C18H20N4O2. The fourth-order valence-electron chi connectivity index (χ4n) is 2.59. The summed E-state index contributed by atoms with van der Waals surface area (Å²) < 4.78 is 5.44. The Kier molecular flexibility index (Phi) is 4.37. The normalized spacial score (nSPS) is 13.2. The van der Waals surface area contributed by atoms with E-state index in [0.717, 1.165) is 5.75 Å². The highest BCUT2D eigenvalue weighted by Gasteiger charge is 2.26. The minimum atomic E-state index is -0.233. The van der Waals surface area contributed by atoms with E-state index in [4.69, 9.17) is 16.2 Å². The van der Waals surface area contributed by atoms with Crippen molar-refractivity contribution in [1.29, 1.82) is 0 Å². The van der Waals surface area contributed by atoms with Crippen molar-refractivity contribution in [3.05, 3.63) is 53.6 Å². The van der Waals surface area contributed by atoms with Crippen LogP contribution >= 0.6 is 0 Å². The predicted octanol–water partition coefficient (Wildman–Crippen LogP) is 2.73. The van der Waals surface area contributed by atoms with Crippen LogP contribution in [0.3, 0.4) is 0 Å². The van der Waals surface area contributed by atoms with Crippen molar-refractivity contribution in [2.75, 3.05) is 12.4 Å². The first-order valence-electron chi connectivity index (χ1n) is 7.76. The Morgan fingerprint density at radius 2 is 2.00 bits per heavy atom. The molecular weight excluding hydrogens is 304 g/mol. The van der Waals surface area contributed by atoms with Gasteiger partial charge in [-0.3, -0.25) is 4.79 Å². The van der Waals surface area contributed by atoms with E-state index in [1.165, 1.54) is 18.4 Å². The zero-order valence-corrected chi connectivity index (χ0v) is 13.5. The number of nitrogens with two attached hydrogens (primary N) is 2. The average Bonchev–Trinajstić information content (AvgIpc) is 3.39. The number of amides is 1. The number of rotatable bonds is 5. The van der Waals surface area contributed by atoms with Crippen LogP contribution in [0.25, 0.3) is 0 Å². The van der Waals surface area contributed by atoms with Gasteiger partial charge in [0.1, 0.15) is 5.75 Å². The highest BCUT2D eigenvalue weighted by molar-refractivity contribution is 6.05. The second kappa shape index (κ2) is 6.62. The number of guanidine groups is 1. The van der Waals surface area contributed by atoms with Crippen LogP contribution in [0.1, 0.15) is 34.7 Å². The van der Waals surface area contributed by atoms with Gasteiger partial charge in [0.25, 0.3) is 5.91 Å². The van der Waals surface area contributed by atoms with Gasteiger partial charge in [0.2, 0.25) is 0 Å². The molecule has 6 heteroatoms. The SMILES string of the molecule is COc1cc(NC(=O)c2cccc(N=C(N)N)c2)ccc1C1CC1. The van der Waals surface area contributed by atoms with Gasteiger partial charge in [-0.25, -0.2) is 4.99 Å². The highest BCUT2D eigenvalue weighted by Crippen LogP contribution is 2.44. The summed E-state index contributed by atoms with van der Waals surface area (Å²) in [6, 6.07) is 12.6. The Morgan fingerprint density at radius 3 is 2.67 bits per heavy atom. The summed E-state index contributed by atoms with van der Waals surface area (Å²) in [5.41, 5.74) is 13.6. The molecule has 6 nitrogen and oxygen atoms in total. The van der Waals surface area contributed by atoms with Gasteiger partial charge in [-0.15, -0.1) is 0 Å². The lowest BCUT2D eigenvalue weighted by Gasteiger charge is -2.11. The molecule has 0 bridgehead atoms. The van der Waals surface area contributed by atoms with Crippen LogP contribution in [-0.2, 0) is 0 Å². The van der Waals surface area contributed by atoms with Gasteiger partial charge in [-0.05, 0) is 48.6 Å². The number of aliphatic imine (C=N–C) groups is 1. The number of benzene rings is 2. The molecule has 1 fully saturated rings. The van der Waals surface area contributed by atoms with Crippen molar-refractivity contribution < 1.29 is 9.53 Å². The topological polar surface area (TPSA) is 103 Å². The third kappa shape index (κ3) is 3.65. The minimum absolute atomic E-state index is 0.0482. The summed E-state index contributed by atoms with van der Waals surface area (Å²) in [6.45, 7) is 0. The molecule has 2 aromatic rings. The van der Waals surface area contributed by atoms with Crippen molar-refractivity contribution in [3.8, 4) is 5.75 Å². The first kappa shape index (κ1) is 15.9. The minimum Gasteiger partial charge on any atom is -0.496 e. The monoisotopic (exact) mass is 324 g/mol. The molecule has 1 saturated carbocycles. The van der Waals surface area contributed by atoms with E-state index in [-0.39, 0.29) is 11.9 Å². The second-order valence-electron chi connectivity index (χ2n) is 5.77. The number of carbonyl (C=O) groups is 1. The fraction of sp³-hybridized carbons (Fsp3) is 0.222. The Morgan fingerprint density at radius 1 is 1.21 bits per heavy atom. The number of ether oxygens (including phenoxy) is 1. The molecule has 3 rings (SSSR count). The molecule has 1 aliphatic rings. The van der Waals surface area contributed by atoms with Crippen LogP contribution < -0.4 is 21.5 Å². The van der Waals surface area contributed by atoms with Gasteiger partial charge >= 0.3 is 0 Å². The Labute approximate surface area is 140 Å². The zero-order valence-electron chi connectivity index (χ0n) is 13.5. The lowest BCUT2D eigenvalue weighted by atomic mass is 10.1. The van der Waals surface area contributed by atoms with Crippen LogP contribution in [-0.4, -0.2) is 19.0 Å². The lowest BCUT2D eigenvalue weighted by Crippen LogP contribution is -2.21. The molecule has 2 aromatic carbocycles. The van der Waals surface area contributed by atoms with Gasteiger partial charge < -0.3 is 21.5 Å². The Balaban J connectivity index is 1.78. The number of anilines is 1. The van der Waals surface area contributed by atoms with Crippen molar-refractivity contribution in [1.82, 2.24) is 0 Å². The quantitative estimate of drug-likeness (QED) is 0.581. The molecule has 124 valence electrons. The third-order valence-corrected chi connectivity index (χ3v) is 3.88. The Hall–Kier alpha value is -3.02. The van der Waals surface area contributed by atoms with Crippen molar-refractivity contribution in [3.63, 3.8) is 0 Å². The van der Waals surface area contributed by atoms with E-state index in [0.29, 0.717) is 22.9 Å². The molecule has 0 radical (unpaired) electrons. The van der Waals surface area contributed by atoms with E-state index >= 15 is 0 Å². The van der Waals surface area contributed by atoms with Crippen molar-refractivity contribution in [2.24, 2.45) is 16.5 Å². The van der Waals surface area contributed by atoms with Gasteiger partial charge in [0.15, 0.2) is 5.96 Å². The molecule has 0 spiro atoms. The van der Waals surface area contributed by atoms with E-state index < -0.39 is 0 Å². The van der Waals surface area contributed by atoms with Gasteiger partial charge in [-0.1, -0.05) is 12.1 Å². The molecule has 0 aliphatic heterocycles. The summed E-state index contributed by atoms with van der Waals surface area (Å²) in [7, 11) is 1.64. The highest BCUT2D eigenvalue weighted by atomic mass is 16.5. The van der Waals surface area contributed by atoms with Crippen LogP contribution in [0.5, 0.6) is 5.75 Å². The zero-order chi connectivity index (χ0) is 17.1. The molecule has 5 N–H and O–H groups in total. The molecule has 0 atom stereocenters. The van der Waals surface area contributed by atoms with Crippen LogP contribution in [0.2, 0.25) is 0 Å². The van der Waals surface area contributed by atoms with Crippen molar-refractivity contribution in [2.45, 2.75) is 18.8 Å². The molecule has 0 unspecified atom stereocenters. The largest absolute Gasteiger partial charge is 0.496 e. The molecule has 0 aromatic heterocycles. The molecule has 1 amide bonds. The predicted molar refractivity (Wildman–Crippen MR) is 94.8 cm³/mol. The summed E-state index contributed by atoms with van der Waals surface area (Å²) >= 11 is 0. The van der Waals surface area contributed by atoms with E-state index in [1.807, 2.05) is 18.2 Å². The summed E-state index contributed by atoms with van der Waals surface area (Å²) in [6.07, 6.45) is 2.39. The molecule has 0 heterocycles. The standard InChI is InChI=1S/C18H20N4O2/c1-24-16-10-14(7-8-15(16)11-5-6-11)21-17(23)12-3-2-4-13(9-12)22-18(19)20/h2-4,7-11H,5-6H2,1H3,(H,21,23)(H4,19,20,22). The fourth-order valence-corrected chi connectivity index (χ4v) is 2.59. The number of carbonyl (C=O) groups excluding carboxylic acids is 1. The molecule has 24 heavy (non-hydrogen) atoms. The third-order valence-electron chi connectivity index (χ3n) is 3.88. The molecule has 1 aliphatic carbocycles. The van der Waals surface area contributed by atoms with Crippen LogP contribution in [0.15, 0.2) is 47.5 Å². The Bertz CT molecular complexity index is 793. The number of hydrogen-bond donors (Lipinski definition) is 3. The summed E-state index contributed by atoms with van der Waals surface area (Å²) in [5.74, 6) is 1.11. The smallest absolute Gasteiger partial charge is 0.255 e. The maximum atomic E-state index is 12.4. The first-order chi connectivity index (χ1) is 11.6. The maximum absolute atomic E-state index is 12.4. The summed E-state index contributed by atoms with van der Waals surface area (Å²) in [5, 5.41) is 2.87. The molecule has 0 saturated heterocycles. The van der Waals surface area contributed by atoms with E-state index in [9.17, 15) is 4.79 Å². The number of nitrogens with one attached hydrogen (secondary N) is 1. The lowest BCUT2D eigenvalue weighted by molar-refractivity contribution is 0.102. The van der Waals surface area contributed by atoms with Gasteiger partial charge in [0, 0.05) is 17.3 Å². The first-order valence-corrected chi connectivity index (χ1v) is 7.76. The van der Waals surface area contributed by atoms with Crippen molar-refractivity contribution >= 4 is 23.2 Å². The van der Waals surface area contributed by atoms with Crippen LogP contribution in [0.4, 0.5) is 11.4 Å². The number of methoxy groups -OCH3 is 1. The number of nitrogens with zero attached hydrogens (tertiary/aromatic N) is 1. The number of hydrogen-bond acceptors (Lipinski definition) is 3. The van der Waals surface area contributed by atoms with E-state index in [2.05, 4.69) is 10.3 Å². The van der Waals surface area contributed by atoms with E-state index in [1.54, 1.807) is 31.4 Å². The van der Waals surface area contributed by atoms with Gasteiger partial charge in [0.05, 0.1) is 12.8 Å².